The largest absolute Gasteiger partial charge is 0.295 e. The zero-order valence-corrected chi connectivity index (χ0v) is 6.63. The van der Waals surface area contributed by atoms with Crippen molar-refractivity contribution in [3.8, 4) is 0 Å². The minimum atomic E-state index is 0.176. The Kier molecular flexibility index (Phi) is 4.55. The molecule has 10 heavy (non-hydrogen) atoms. The molecule has 1 nitrogen and oxygen atoms in total. The Morgan fingerprint density at radius 3 is 2.70 bits per heavy atom. The monoisotopic (exact) mass is 138 g/mol. The van der Waals surface area contributed by atoms with Crippen LogP contribution in [0.15, 0.2) is 24.8 Å². The Labute approximate surface area is 62.4 Å². The maximum Gasteiger partial charge on any atom is 0.155 e. The van der Waals surface area contributed by atoms with Gasteiger partial charge in [-0.1, -0.05) is 19.1 Å². The molecule has 0 aromatic rings. The highest BCUT2D eigenvalue weighted by Gasteiger charge is 2.00. The Hall–Kier alpha value is -0.850. The second-order valence-electron chi connectivity index (χ2n) is 2.38. The van der Waals surface area contributed by atoms with Crippen molar-refractivity contribution in [2.24, 2.45) is 5.92 Å². The average Bonchev–Trinajstić information content (AvgIpc) is 1.88. The molecule has 0 aliphatic rings. The van der Waals surface area contributed by atoms with E-state index in [0.717, 1.165) is 0 Å². The Balaban J connectivity index is 3.67. The standard InChI is InChI=1S/C9H14O/c1-4-6-9(10)7-8(3)5-2/h4-6,8H,2,7H2,1,3H3/b6-4-. The molecule has 0 radical (unpaired) electrons. The summed E-state index contributed by atoms with van der Waals surface area (Å²) in [6.07, 6.45) is 5.73. The highest BCUT2D eigenvalue weighted by molar-refractivity contribution is 5.89. The first-order valence-corrected chi connectivity index (χ1v) is 3.48. The number of rotatable bonds is 4. The third-order valence-electron chi connectivity index (χ3n) is 1.28. The van der Waals surface area contributed by atoms with E-state index in [2.05, 4.69) is 6.58 Å². The van der Waals surface area contributed by atoms with Crippen LogP contribution in [0, 0.1) is 5.92 Å². The lowest BCUT2D eigenvalue weighted by Crippen LogP contribution is -1.98. The van der Waals surface area contributed by atoms with Crippen LogP contribution in [-0.4, -0.2) is 5.78 Å². The predicted octanol–water partition coefficient (Wildman–Crippen LogP) is 2.34. The molecule has 0 fully saturated rings. The highest BCUT2D eigenvalue weighted by atomic mass is 16.1. The van der Waals surface area contributed by atoms with Crippen molar-refractivity contribution in [3.05, 3.63) is 24.8 Å². The van der Waals surface area contributed by atoms with Crippen LogP contribution in [0.1, 0.15) is 20.3 Å². The van der Waals surface area contributed by atoms with Gasteiger partial charge in [-0.05, 0) is 18.9 Å². The van der Waals surface area contributed by atoms with Crippen LogP contribution in [0.5, 0.6) is 0 Å². The molecule has 1 unspecified atom stereocenters. The fourth-order valence-electron chi connectivity index (χ4n) is 0.655. The molecule has 0 amide bonds. The number of allylic oxidation sites excluding steroid dienone is 3. The fourth-order valence-corrected chi connectivity index (χ4v) is 0.655. The van der Waals surface area contributed by atoms with E-state index in [1.54, 1.807) is 18.2 Å². The van der Waals surface area contributed by atoms with Crippen LogP contribution in [0.25, 0.3) is 0 Å². The molecule has 0 saturated carbocycles. The van der Waals surface area contributed by atoms with Crippen LogP contribution in [-0.2, 0) is 4.79 Å². The van der Waals surface area contributed by atoms with E-state index in [1.165, 1.54) is 0 Å². The van der Waals surface area contributed by atoms with Crippen LogP contribution in [0.2, 0.25) is 0 Å². The number of carbonyl (C=O) groups excluding carboxylic acids is 1. The van der Waals surface area contributed by atoms with E-state index in [-0.39, 0.29) is 5.78 Å². The second-order valence-corrected chi connectivity index (χ2v) is 2.38. The van der Waals surface area contributed by atoms with E-state index in [0.29, 0.717) is 12.3 Å². The second kappa shape index (κ2) is 4.98. The predicted molar refractivity (Wildman–Crippen MR) is 43.8 cm³/mol. The van der Waals surface area contributed by atoms with Crippen molar-refractivity contribution in [3.63, 3.8) is 0 Å². The molecule has 0 rings (SSSR count). The van der Waals surface area contributed by atoms with Crippen molar-refractivity contribution in [1.82, 2.24) is 0 Å². The van der Waals surface area contributed by atoms with Gasteiger partial charge >= 0.3 is 0 Å². The topological polar surface area (TPSA) is 17.1 Å². The van der Waals surface area contributed by atoms with Crippen molar-refractivity contribution in [1.29, 1.82) is 0 Å². The summed E-state index contributed by atoms with van der Waals surface area (Å²) in [7, 11) is 0. The van der Waals surface area contributed by atoms with E-state index < -0.39 is 0 Å². The number of hydrogen-bond donors (Lipinski definition) is 0. The molecule has 0 aromatic heterocycles. The molecule has 0 aromatic carbocycles. The first-order valence-electron chi connectivity index (χ1n) is 3.48. The number of ketones is 1. The van der Waals surface area contributed by atoms with Crippen LogP contribution >= 0.6 is 0 Å². The molecule has 1 heteroatoms. The van der Waals surface area contributed by atoms with E-state index in [4.69, 9.17) is 0 Å². The molecule has 1 atom stereocenters. The van der Waals surface area contributed by atoms with Gasteiger partial charge in [-0.2, -0.15) is 0 Å². The summed E-state index contributed by atoms with van der Waals surface area (Å²) in [5.41, 5.74) is 0. The van der Waals surface area contributed by atoms with Gasteiger partial charge in [0.2, 0.25) is 0 Å². The summed E-state index contributed by atoms with van der Waals surface area (Å²) in [6, 6.07) is 0. The van der Waals surface area contributed by atoms with Crippen molar-refractivity contribution >= 4 is 5.78 Å². The van der Waals surface area contributed by atoms with E-state index >= 15 is 0 Å². The first-order chi connectivity index (χ1) is 4.70. The van der Waals surface area contributed by atoms with E-state index in [1.807, 2.05) is 13.8 Å². The lowest BCUT2D eigenvalue weighted by Gasteiger charge is -1.99. The summed E-state index contributed by atoms with van der Waals surface area (Å²) in [5, 5.41) is 0. The van der Waals surface area contributed by atoms with Gasteiger partial charge in [-0.3, -0.25) is 4.79 Å². The van der Waals surface area contributed by atoms with Gasteiger partial charge in [-0.25, -0.2) is 0 Å². The van der Waals surface area contributed by atoms with Gasteiger partial charge in [0.25, 0.3) is 0 Å². The third kappa shape index (κ3) is 4.07. The normalized spacial score (nSPS) is 13.4. The quantitative estimate of drug-likeness (QED) is 0.430. The van der Waals surface area contributed by atoms with Crippen LogP contribution in [0.3, 0.4) is 0 Å². The Morgan fingerprint density at radius 1 is 1.70 bits per heavy atom. The van der Waals surface area contributed by atoms with Crippen LogP contribution in [0.4, 0.5) is 0 Å². The van der Waals surface area contributed by atoms with Gasteiger partial charge in [-0.15, -0.1) is 6.58 Å². The Bertz CT molecular complexity index is 145. The fraction of sp³-hybridized carbons (Fsp3) is 0.444. The number of hydrogen-bond acceptors (Lipinski definition) is 1. The van der Waals surface area contributed by atoms with Gasteiger partial charge in [0.15, 0.2) is 5.78 Å². The summed E-state index contributed by atoms with van der Waals surface area (Å²) in [4.78, 5) is 10.9. The Morgan fingerprint density at radius 2 is 2.30 bits per heavy atom. The molecule has 56 valence electrons. The summed E-state index contributed by atoms with van der Waals surface area (Å²) >= 11 is 0. The van der Waals surface area contributed by atoms with Gasteiger partial charge < -0.3 is 0 Å². The summed E-state index contributed by atoms with van der Waals surface area (Å²) < 4.78 is 0. The molecular weight excluding hydrogens is 124 g/mol. The van der Waals surface area contributed by atoms with Crippen molar-refractivity contribution < 1.29 is 4.79 Å². The van der Waals surface area contributed by atoms with Gasteiger partial charge in [0, 0.05) is 6.42 Å². The van der Waals surface area contributed by atoms with Crippen molar-refractivity contribution in [2.75, 3.05) is 0 Å². The smallest absolute Gasteiger partial charge is 0.155 e. The molecule has 0 bridgehead atoms. The lowest BCUT2D eigenvalue weighted by atomic mass is 10.1. The zero-order chi connectivity index (χ0) is 7.98. The molecule has 0 aliphatic heterocycles. The molecule has 0 N–H and O–H groups in total. The maximum absolute atomic E-state index is 10.9. The van der Waals surface area contributed by atoms with Crippen molar-refractivity contribution in [2.45, 2.75) is 20.3 Å². The maximum atomic E-state index is 10.9. The first kappa shape index (κ1) is 9.15. The minimum absolute atomic E-state index is 0.176. The lowest BCUT2D eigenvalue weighted by molar-refractivity contribution is -0.115. The highest BCUT2D eigenvalue weighted by Crippen LogP contribution is 2.02. The summed E-state index contributed by atoms with van der Waals surface area (Å²) in [6.45, 7) is 7.42. The van der Waals surface area contributed by atoms with Gasteiger partial charge in [0.1, 0.15) is 0 Å². The SMILES string of the molecule is C=CC(C)CC(=O)/C=C\C. The molecule has 0 spiro atoms. The zero-order valence-electron chi connectivity index (χ0n) is 6.63. The van der Waals surface area contributed by atoms with E-state index in [9.17, 15) is 4.79 Å². The molecule has 0 aliphatic carbocycles. The summed E-state index contributed by atoms with van der Waals surface area (Å²) in [5.74, 6) is 0.471. The minimum Gasteiger partial charge on any atom is -0.295 e. The molecule has 0 saturated heterocycles. The molecular formula is C9H14O. The van der Waals surface area contributed by atoms with Gasteiger partial charge in [0.05, 0.1) is 0 Å². The third-order valence-corrected chi connectivity index (χ3v) is 1.28. The molecule has 0 heterocycles. The average molecular weight is 138 g/mol. The van der Waals surface area contributed by atoms with Crippen LogP contribution < -0.4 is 0 Å². The number of carbonyl (C=O) groups is 1.